The molecule has 1 N–H and O–H groups in total. The molecule has 0 radical (unpaired) electrons. The average molecular weight is 334 g/mol. The molecule has 1 atom stereocenters. The highest BCUT2D eigenvalue weighted by molar-refractivity contribution is 9.09. The van der Waals surface area contributed by atoms with Gasteiger partial charge in [-0.25, -0.2) is 0 Å². The predicted octanol–water partition coefficient (Wildman–Crippen LogP) is 3.66. The molecular weight excluding hydrogens is 316 g/mol. The molecule has 0 aliphatic heterocycles. The lowest BCUT2D eigenvalue weighted by Gasteiger charge is -2.22. The third kappa shape index (κ3) is 5.36. The van der Waals surface area contributed by atoms with E-state index >= 15 is 0 Å². The highest BCUT2D eigenvalue weighted by atomic mass is 79.9. The lowest BCUT2D eigenvalue weighted by atomic mass is 9.90. The summed E-state index contributed by atoms with van der Waals surface area (Å²) >= 11 is 9.48. The van der Waals surface area contributed by atoms with Crippen molar-refractivity contribution in [2.75, 3.05) is 6.54 Å². The van der Waals surface area contributed by atoms with E-state index in [-0.39, 0.29) is 16.1 Å². The zero-order chi connectivity index (χ0) is 13.8. The Morgan fingerprint density at radius 2 is 2.22 bits per heavy atom. The Kier molecular flexibility index (Phi) is 5.60. The fourth-order valence-corrected chi connectivity index (χ4v) is 2.93. The number of rotatable bonds is 4. The van der Waals surface area contributed by atoms with Crippen molar-refractivity contribution < 1.29 is 4.79 Å². The van der Waals surface area contributed by atoms with Crippen LogP contribution in [0.15, 0.2) is 18.5 Å². The number of aromatic nitrogens is 1. The van der Waals surface area contributed by atoms with Crippen molar-refractivity contribution in [3.63, 3.8) is 0 Å². The van der Waals surface area contributed by atoms with Crippen LogP contribution in [-0.4, -0.2) is 22.3 Å². The molecular formula is C13H18BrClN2O. The van der Waals surface area contributed by atoms with Gasteiger partial charge in [0.2, 0.25) is 0 Å². The topological polar surface area (TPSA) is 42.0 Å². The third-order valence-electron chi connectivity index (χ3n) is 2.34. The van der Waals surface area contributed by atoms with Gasteiger partial charge >= 0.3 is 0 Å². The van der Waals surface area contributed by atoms with E-state index in [1.54, 1.807) is 12.3 Å². The van der Waals surface area contributed by atoms with Crippen LogP contribution in [0.1, 0.15) is 37.6 Å². The van der Waals surface area contributed by atoms with E-state index in [4.69, 9.17) is 11.6 Å². The van der Waals surface area contributed by atoms with Gasteiger partial charge in [-0.05, 0) is 17.9 Å². The van der Waals surface area contributed by atoms with Gasteiger partial charge in [-0.2, -0.15) is 0 Å². The Labute approximate surface area is 121 Å². The molecule has 3 nitrogen and oxygen atoms in total. The van der Waals surface area contributed by atoms with Gasteiger partial charge in [0.15, 0.2) is 0 Å². The molecule has 0 saturated heterocycles. The molecule has 0 saturated carbocycles. The number of pyridine rings is 1. The van der Waals surface area contributed by atoms with Gasteiger partial charge in [0.05, 0.1) is 10.6 Å². The van der Waals surface area contributed by atoms with Crippen molar-refractivity contribution in [1.29, 1.82) is 0 Å². The molecule has 1 rings (SSSR count). The molecule has 1 aromatic rings. The number of carbonyl (C=O) groups is 1. The second-order valence-electron chi connectivity index (χ2n) is 5.43. The highest BCUT2D eigenvalue weighted by Gasteiger charge is 2.17. The van der Waals surface area contributed by atoms with Gasteiger partial charge in [0.1, 0.15) is 0 Å². The first-order valence-electron chi connectivity index (χ1n) is 5.81. The van der Waals surface area contributed by atoms with Crippen molar-refractivity contribution in [2.45, 2.75) is 32.0 Å². The van der Waals surface area contributed by atoms with Crippen molar-refractivity contribution in [2.24, 2.45) is 5.41 Å². The Morgan fingerprint density at radius 1 is 1.56 bits per heavy atom. The maximum Gasteiger partial charge on any atom is 0.252 e. The summed E-state index contributed by atoms with van der Waals surface area (Å²) in [5, 5.41) is 3.24. The van der Waals surface area contributed by atoms with E-state index in [1.807, 2.05) is 0 Å². The molecule has 0 spiro atoms. The van der Waals surface area contributed by atoms with Crippen LogP contribution in [0, 0.1) is 5.41 Å². The lowest BCUT2D eigenvalue weighted by Crippen LogP contribution is -2.31. The number of nitrogens with one attached hydrogen (secondary N) is 1. The van der Waals surface area contributed by atoms with Gasteiger partial charge in [0, 0.05) is 23.8 Å². The Morgan fingerprint density at radius 3 is 2.78 bits per heavy atom. The van der Waals surface area contributed by atoms with Crippen molar-refractivity contribution >= 4 is 33.4 Å². The predicted molar refractivity (Wildman–Crippen MR) is 78.4 cm³/mol. The first kappa shape index (κ1) is 15.4. The second-order valence-corrected chi connectivity index (χ2v) is 7.13. The summed E-state index contributed by atoms with van der Waals surface area (Å²) in [6.45, 7) is 7.09. The molecule has 100 valence electrons. The molecule has 1 aromatic heterocycles. The van der Waals surface area contributed by atoms with Gasteiger partial charge in [-0.15, -0.1) is 0 Å². The summed E-state index contributed by atoms with van der Waals surface area (Å²) in [6, 6.07) is 1.62. The first-order chi connectivity index (χ1) is 8.29. The number of hydrogen-bond acceptors (Lipinski definition) is 2. The summed E-state index contributed by atoms with van der Waals surface area (Å²) in [6.07, 6.45) is 4.01. The fraction of sp³-hybridized carbons (Fsp3) is 0.538. The van der Waals surface area contributed by atoms with E-state index in [0.717, 1.165) is 6.42 Å². The van der Waals surface area contributed by atoms with Crippen LogP contribution < -0.4 is 5.32 Å². The number of nitrogens with zero attached hydrogens (tertiary/aromatic N) is 1. The number of amides is 1. The molecule has 0 aliphatic rings. The Bertz CT molecular complexity index is 418. The van der Waals surface area contributed by atoms with Gasteiger partial charge in [0.25, 0.3) is 5.91 Å². The van der Waals surface area contributed by atoms with Crippen LogP contribution in [0.4, 0.5) is 0 Å². The van der Waals surface area contributed by atoms with E-state index < -0.39 is 0 Å². The van der Waals surface area contributed by atoms with Gasteiger partial charge < -0.3 is 5.32 Å². The molecule has 0 aromatic carbocycles. The molecule has 0 aliphatic carbocycles. The summed E-state index contributed by atoms with van der Waals surface area (Å²) in [5.74, 6) is -0.166. The standard InChI is InChI=1S/C13H18BrClN2O/c1-13(2,3)6-9(14)7-17-12(18)10-4-5-16-8-11(10)15/h4-5,8-9H,6-7H2,1-3H3,(H,17,18). The van der Waals surface area contributed by atoms with Gasteiger partial charge in [-0.3, -0.25) is 9.78 Å². The summed E-state index contributed by atoms with van der Waals surface area (Å²) < 4.78 is 0. The molecule has 1 amide bonds. The van der Waals surface area contributed by atoms with E-state index in [2.05, 4.69) is 47.0 Å². The normalized spacial score (nSPS) is 13.2. The molecule has 18 heavy (non-hydrogen) atoms. The van der Waals surface area contributed by atoms with E-state index in [1.165, 1.54) is 6.20 Å². The smallest absolute Gasteiger partial charge is 0.252 e. The third-order valence-corrected chi connectivity index (χ3v) is 3.28. The second kappa shape index (κ2) is 6.53. The summed E-state index contributed by atoms with van der Waals surface area (Å²) in [7, 11) is 0. The Balaban J connectivity index is 2.50. The number of alkyl halides is 1. The zero-order valence-electron chi connectivity index (χ0n) is 10.8. The highest BCUT2D eigenvalue weighted by Crippen LogP contribution is 2.24. The van der Waals surface area contributed by atoms with Crippen LogP contribution in [0.2, 0.25) is 5.02 Å². The minimum Gasteiger partial charge on any atom is -0.351 e. The number of hydrogen-bond donors (Lipinski definition) is 1. The largest absolute Gasteiger partial charge is 0.351 e. The van der Waals surface area contributed by atoms with Gasteiger partial charge in [-0.1, -0.05) is 48.3 Å². The minimum absolute atomic E-state index is 0.166. The lowest BCUT2D eigenvalue weighted by molar-refractivity contribution is 0.0952. The Hall–Kier alpha value is -0.610. The van der Waals surface area contributed by atoms with Crippen LogP contribution in [0.25, 0.3) is 0 Å². The molecule has 5 heteroatoms. The monoisotopic (exact) mass is 332 g/mol. The van der Waals surface area contributed by atoms with Crippen molar-refractivity contribution in [1.82, 2.24) is 10.3 Å². The molecule has 1 heterocycles. The van der Waals surface area contributed by atoms with Crippen molar-refractivity contribution in [3.8, 4) is 0 Å². The first-order valence-corrected chi connectivity index (χ1v) is 7.11. The van der Waals surface area contributed by atoms with Crippen molar-refractivity contribution in [3.05, 3.63) is 29.0 Å². The number of halogens is 2. The maximum absolute atomic E-state index is 11.9. The van der Waals surface area contributed by atoms with E-state index in [9.17, 15) is 4.79 Å². The fourth-order valence-electron chi connectivity index (χ4n) is 1.59. The van der Waals surface area contributed by atoms with Crippen LogP contribution in [-0.2, 0) is 0 Å². The summed E-state index contributed by atoms with van der Waals surface area (Å²) in [4.78, 5) is 16.0. The SMILES string of the molecule is CC(C)(C)CC(Br)CNC(=O)c1ccncc1Cl. The quantitative estimate of drug-likeness (QED) is 0.854. The number of carbonyl (C=O) groups excluding carboxylic acids is 1. The van der Waals surface area contributed by atoms with Crippen LogP contribution in [0.3, 0.4) is 0 Å². The average Bonchev–Trinajstić information content (AvgIpc) is 2.24. The van der Waals surface area contributed by atoms with Crippen LogP contribution in [0.5, 0.6) is 0 Å². The maximum atomic E-state index is 11.9. The van der Waals surface area contributed by atoms with E-state index in [0.29, 0.717) is 17.1 Å². The van der Waals surface area contributed by atoms with Crippen LogP contribution >= 0.6 is 27.5 Å². The molecule has 0 bridgehead atoms. The summed E-state index contributed by atoms with van der Waals surface area (Å²) in [5.41, 5.74) is 0.690. The minimum atomic E-state index is -0.166. The molecule has 0 fully saturated rings. The molecule has 1 unspecified atom stereocenters. The zero-order valence-corrected chi connectivity index (χ0v) is 13.2.